The molecule has 1 nitrogen and oxygen atoms in total. The quantitative estimate of drug-likeness (QED) is 0.756. The van der Waals surface area contributed by atoms with E-state index in [4.69, 9.17) is 5.73 Å². The van der Waals surface area contributed by atoms with E-state index in [2.05, 4.69) is 11.8 Å². The molecule has 1 aliphatic carbocycles. The fourth-order valence-electron chi connectivity index (χ4n) is 2.63. The molecule has 1 heterocycles. The average Bonchev–Trinajstić information content (AvgIpc) is 2.72. The van der Waals surface area contributed by atoms with Crippen molar-refractivity contribution in [1.29, 1.82) is 0 Å². The Morgan fingerprint density at radius 2 is 2.08 bits per heavy atom. The summed E-state index contributed by atoms with van der Waals surface area (Å²) in [5.74, 6) is 3.78. The van der Waals surface area contributed by atoms with Crippen LogP contribution in [0.3, 0.4) is 0 Å². The molecule has 0 aromatic rings. The van der Waals surface area contributed by atoms with Gasteiger partial charge in [-0.1, -0.05) is 12.8 Å². The van der Waals surface area contributed by atoms with Gasteiger partial charge in [-0.15, -0.1) is 0 Å². The van der Waals surface area contributed by atoms with Crippen LogP contribution in [0.15, 0.2) is 0 Å². The number of hydrogen-bond donors (Lipinski definition) is 1. The Morgan fingerprint density at radius 3 is 2.69 bits per heavy atom. The first-order valence-corrected chi connectivity index (χ1v) is 6.81. The van der Waals surface area contributed by atoms with E-state index in [0.29, 0.717) is 0 Å². The molecule has 1 atom stereocenters. The largest absolute Gasteiger partial charge is 0.325 e. The predicted octanol–water partition coefficient (Wildman–Crippen LogP) is 2.79. The molecule has 76 valence electrons. The monoisotopic (exact) mass is 199 g/mol. The van der Waals surface area contributed by atoms with Gasteiger partial charge in [0.05, 0.1) is 0 Å². The maximum atomic E-state index is 6.33. The lowest BCUT2D eigenvalue weighted by Gasteiger charge is -2.24. The third-order valence-corrected chi connectivity index (χ3v) is 4.91. The van der Waals surface area contributed by atoms with E-state index in [1.54, 1.807) is 0 Å². The molecule has 2 heteroatoms. The second kappa shape index (κ2) is 4.22. The van der Waals surface area contributed by atoms with Gasteiger partial charge in [-0.3, -0.25) is 0 Å². The topological polar surface area (TPSA) is 26.0 Å². The Labute approximate surface area is 85.8 Å². The molecule has 13 heavy (non-hydrogen) atoms. The van der Waals surface area contributed by atoms with Gasteiger partial charge in [0.2, 0.25) is 0 Å². The molecule has 0 spiro atoms. The maximum Gasteiger partial charge on any atom is 0.0154 e. The van der Waals surface area contributed by atoms with E-state index in [0.717, 1.165) is 5.92 Å². The summed E-state index contributed by atoms with van der Waals surface area (Å²) in [6.07, 6.45) is 9.44. The van der Waals surface area contributed by atoms with Crippen molar-refractivity contribution in [3.63, 3.8) is 0 Å². The molecule has 0 aromatic carbocycles. The minimum Gasteiger partial charge on any atom is -0.325 e. The van der Waals surface area contributed by atoms with Gasteiger partial charge in [0, 0.05) is 5.54 Å². The van der Waals surface area contributed by atoms with Crippen molar-refractivity contribution in [2.45, 2.75) is 50.5 Å². The van der Waals surface area contributed by atoms with E-state index in [1.165, 1.54) is 56.5 Å². The lowest BCUT2D eigenvalue weighted by atomic mass is 9.88. The summed E-state index contributed by atoms with van der Waals surface area (Å²) in [5, 5.41) is 0. The van der Waals surface area contributed by atoms with Gasteiger partial charge in [0.25, 0.3) is 0 Å². The normalized spacial score (nSPS) is 32.5. The van der Waals surface area contributed by atoms with Crippen molar-refractivity contribution in [3.8, 4) is 0 Å². The van der Waals surface area contributed by atoms with E-state index in [9.17, 15) is 0 Å². The Kier molecular flexibility index (Phi) is 3.20. The zero-order valence-electron chi connectivity index (χ0n) is 8.43. The number of nitrogens with two attached hydrogens (primary N) is 1. The standard InChI is InChI=1S/C11H21NS/c12-11(5-1-2-6-11)7-3-10-4-8-13-9-10/h10H,1-9,12H2. The smallest absolute Gasteiger partial charge is 0.0154 e. The summed E-state index contributed by atoms with van der Waals surface area (Å²) in [4.78, 5) is 0. The second-order valence-corrected chi connectivity index (χ2v) is 5.99. The molecule has 1 saturated heterocycles. The minimum absolute atomic E-state index is 0.243. The predicted molar refractivity (Wildman–Crippen MR) is 60.1 cm³/mol. The summed E-state index contributed by atoms with van der Waals surface area (Å²) >= 11 is 2.12. The highest BCUT2D eigenvalue weighted by atomic mass is 32.2. The van der Waals surface area contributed by atoms with Crippen LogP contribution in [0.4, 0.5) is 0 Å². The van der Waals surface area contributed by atoms with Crippen LogP contribution in [-0.4, -0.2) is 17.0 Å². The van der Waals surface area contributed by atoms with Crippen LogP contribution in [-0.2, 0) is 0 Å². The SMILES string of the molecule is NC1(CCC2CCSC2)CCCC1. The van der Waals surface area contributed by atoms with E-state index >= 15 is 0 Å². The highest BCUT2D eigenvalue weighted by Gasteiger charge is 2.30. The minimum atomic E-state index is 0.243. The molecule has 2 N–H and O–H groups in total. The summed E-state index contributed by atoms with van der Waals surface area (Å²) in [7, 11) is 0. The molecular weight excluding hydrogens is 178 g/mol. The van der Waals surface area contributed by atoms with Gasteiger partial charge >= 0.3 is 0 Å². The zero-order valence-corrected chi connectivity index (χ0v) is 9.24. The molecule has 0 amide bonds. The first kappa shape index (κ1) is 9.85. The van der Waals surface area contributed by atoms with Crippen LogP contribution in [0.1, 0.15) is 44.9 Å². The Balaban J connectivity index is 1.71. The summed E-state index contributed by atoms with van der Waals surface area (Å²) in [5.41, 5.74) is 6.57. The lowest BCUT2D eigenvalue weighted by Crippen LogP contribution is -2.36. The fourth-order valence-corrected chi connectivity index (χ4v) is 3.97. The fraction of sp³-hybridized carbons (Fsp3) is 1.00. The first-order valence-electron chi connectivity index (χ1n) is 5.65. The third-order valence-electron chi connectivity index (χ3n) is 3.67. The van der Waals surface area contributed by atoms with Gasteiger partial charge in [0.1, 0.15) is 0 Å². The number of rotatable bonds is 3. The van der Waals surface area contributed by atoms with E-state index < -0.39 is 0 Å². The Morgan fingerprint density at radius 1 is 1.31 bits per heavy atom. The summed E-state index contributed by atoms with van der Waals surface area (Å²) in [6.45, 7) is 0. The molecule has 1 saturated carbocycles. The number of hydrogen-bond acceptors (Lipinski definition) is 2. The van der Waals surface area contributed by atoms with Gasteiger partial charge < -0.3 is 5.73 Å². The Bertz CT molecular complexity index is 157. The van der Waals surface area contributed by atoms with Crippen molar-refractivity contribution in [2.24, 2.45) is 11.7 Å². The van der Waals surface area contributed by atoms with Crippen LogP contribution >= 0.6 is 11.8 Å². The van der Waals surface area contributed by atoms with Gasteiger partial charge in [-0.05, 0) is 49.5 Å². The van der Waals surface area contributed by atoms with Crippen molar-refractivity contribution < 1.29 is 0 Å². The maximum absolute atomic E-state index is 6.33. The van der Waals surface area contributed by atoms with Gasteiger partial charge in [-0.25, -0.2) is 0 Å². The molecule has 0 aromatic heterocycles. The summed E-state index contributed by atoms with van der Waals surface area (Å²) < 4.78 is 0. The second-order valence-electron chi connectivity index (χ2n) is 4.84. The van der Waals surface area contributed by atoms with E-state index in [1.807, 2.05) is 0 Å². The summed E-state index contributed by atoms with van der Waals surface area (Å²) in [6, 6.07) is 0. The Hall–Kier alpha value is 0.310. The van der Waals surface area contributed by atoms with Crippen LogP contribution in [0.25, 0.3) is 0 Å². The molecule has 1 aliphatic heterocycles. The highest BCUT2D eigenvalue weighted by Crippen LogP contribution is 2.35. The first-order chi connectivity index (χ1) is 6.29. The third kappa shape index (κ3) is 2.63. The average molecular weight is 199 g/mol. The molecule has 2 fully saturated rings. The van der Waals surface area contributed by atoms with Crippen LogP contribution in [0.2, 0.25) is 0 Å². The molecule has 0 bridgehead atoms. The van der Waals surface area contributed by atoms with Crippen LogP contribution in [0.5, 0.6) is 0 Å². The zero-order chi connectivity index (χ0) is 9.15. The van der Waals surface area contributed by atoms with Gasteiger partial charge in [-0.2, -0.15) is 11.8 Å². The lowest BCUT2D eigenvalue weighted by molar-refractivity contribution is 0.358. The van der Waals surface area contributed by atoms with Gasteiger partial charge in [0.15, 0.2) is 0 Å². The molecule has 0 radical (unpaired) electrons. The van der Waals surface area contributed by atoms with Crippen LogP contribution in [0, 0.1) is 5.92 Å². The highest BCUT2D eigenvalue weighted by molar-refractivity contribution is 7.99. The van der Waals surface area contributed by atoms with E-state index in [-0.39, 0.29) is 5.54 Å². The number of thioether (sulfide) groups is 1. The van der Waals surface area contributed by atoms with Crippen molar-refractivity contribution in [2.75, 3.05) is 11.5 Å². The van der Waals surface area contributed by atoms with Crippen LogP contribution < -0.4 is 5.73 Å². The van der Waals surface area contributed by atoms with Crippen molar-refractivity contribution in [3.05, 3.63) is 0 Å². The van der Waals surface area contributed by atoms with Crippen molar-refractivity contribution in [1.82, 2.24) is 0 Å². The molecule has 1 unspecified atom stereocenters. The molecule has 2 aliphatic rings. The molecule has 2 rings (SSSR count). The molecular formula is C11H21NS. The van der Waals surface area contributed by atoms with Crippen molar-refractivity contribution >= 4 is 11.8 Å².